The predicted octanol–water partition coefficient (Wildman–Crippen LogP) is 1.40. The Kier molecular flexibility index (Phi) is 4.80. The van der Waals surface area contributed by atoms with Crippen LogP contribution in [0.25, 0.3) is 0 Å². The number of hydrogen-bond donors (Lipinski definition) is 1. The second-order valence-corrected chi connectivity index (χ2v) is 5.31. The third kappa shape index (κ3) is 3.69. The van der Waals surface area contributed by atoms with E-state index in [2.05, 4.69) is 4.90 Å². The number of aryl methyl sites for hydroxylation is 1. The lowest BCUT2D eigenvalue weighted by Crippen LogP contribution is -2.49. The van der Waals surface area contributed by atoms with Crippen molar-refractivity contribution in [2.45, 2.75) is 6.92 Å². The zero-order valence-corrected chi connectivity index (χ0v) is 11.9. The molecule has 1 fully saturated rings. The maximum Gasteiger partial charge on any atom is 0.254 e. The second kappa shape index (κ2) is 6.37. The van der Waals surface area contributed by atoms with Crippen LogP contribution < -0.4 is 0 Å². The van der Waals surface area contributed by atoms with Crippen LogP contribution in [0.1, 0.15) is 15.9 Å². The summed E-state index contributed by atoms with van der Waals surface area (Å²) in [6.07, 6.45) is 0. The third-order valence-electron chi connectivity index (χ3n) is 3.36. The van der Waals surface area contributed by atoms with Crippen LogP contribution in [-0.4, -0.2) is 60.1 Å². The first-order valence-corrected chi connectivity index (χ1v) is 6.87. The summed E-state index contributed by atoms with van der Waals surface area (Å²) in [5.74, 6) is 0.0363. The lowest BCUT2D eigenvalue weighted by Gasteiger charge is -2.34. The van der Waals surface area contributed by atoms with Gasteiger partial charge in [0.05, 0.1) is 6.61 Å². The average molecular weight is 283 g/mol. The number of amides is 1. The predicted molar refractivity (Wildman–Crippen MR) is 75.6 cm³/mol. The summed E-state index contributed by atoms with van der Waals surface area (Å²) in [6, 6.07) is 5.43. The van der Waals surface area contributed by atoms with Gasteiger partial charge in [-0.15, -0.1) is 0 Å². The molecule has 1 aliphatic rings. The highest BCUT2D eigenvalue weighted by atomic mass is 35.5. The van der Waals surface area contributed by atoms with E-state index in [4.69, 9.17) is 16.7 Å². The normalized spacial score (nSPS) is 16.7. The standard InChI is InChI=1S/C14H19ClN2O2/c1-11-8-12(10-13(15)9-11)14(19)17-4-2-16(3-5-17)6-7-18/h8-10,18H,2-7H2,1H3. The summed E-state index contributed by atoms with van der Waals surface area (Å²) >= 11 is 5.99. The molecular formula is C14H19ClN2O2. The summed E-state index contributed by atoms with van der Waals surface area (Å²) in [7, 11) is 0. The summed E-state index contributed by atoms with van der Waals surface area (Å²) in [5.41, 5.74) is 1.65. The fourth-order valence-corrected chi connectivity index (χ4v) is 2.65. The third-order valence-corrected chi connectivity index (χ3v) is 3.58. The van der Waals surface area contributed by atoms with Crippen molar-refractivity contribution in [1.29, 1.82) is 0 Å². The Labute approximate surface area is 118 Å². The molecule has 0 saturated carbocycles. The molecule has 1 saturated heterocycles. The van der Waals surface area contributed by atoms with Gasteiger partial charge in [0.25, 0.3) is 5.91 Å². The van der Waals surface area contributed by atoms with E-state index in [0.29, 0.717) is 30.2 Å². The Hall–Kier alpha value is -1.10. The lowest BCUT2D eigenvalue weighted by molar-refractivity contribution is 0.0615. The maximum atomic E-state index is 12.4. The molecule has 1 amide bonds. The molecule has 0 unspecified atom stereocenters. The van der Waals surface area contributed by atoms with Gasteiger partial charge in [-0.1, -0.05) is 11.6 Å². The highest BCUT2D eigenvalue weighted by Gasteiger charge is 2.22. The van der Waals surface area contributed by atoms with Crippen LogP contribution in [0.5, 0.6) is 0 Å². The van der Waals surface area contributed by atoms with E-state index < -0.39 is 0 Å². The van der Waals surface area contributed by atoms with Crippen molar-refractivity contribution in [3.8, 4) is 0 Å². The van der Waals surface area contributed by atoms with E-state index in [0.717, 1.165) is 18.7 Å². The number of halogens is 1. The molecule has 0 bridgehead atoms. The van der Waals surface area contributed by atoms with Gasteiger partial charge in [0.1, 0.15) is 0 Å². The second-order valence-electron chi connectivity index (χ2n) is 4.87. The van der Waals surface area contributed by atoms with Gasteiger partial charge in [-0.05, 0) is 30.7 Å². The van der Waals surface area contributed by atoms with Crippen molar-refractivity contribution in [2.75, 3.05) is 39.3 Å². The first-order chi connectivity index (χ1) is 9.10. The van der Waals surface area contributed by atoms with Gasteiger partial charge in [0.2, 0.25) is 0 Å². The van der Waals surface area contributed by atoms with Gasteiger partial charge in [0, 0.05) is 43.3 Å². The van der Waals surface area contributed by atoms with E-state index in [-0.39, 0.29) is 12.5 Å². The molecule has 104 valence electrons. The van der Waals surface area contributed by atoms with Gasteiger partial charge < -0.3 is 10.0 Å². The molecule has 2 rings (SSSR count). The minimum Gasteiger partial charge on any atom is -0.395 e. The van der Waals surface area contributed by atoms with Gasteiger partial charge in [-0.25, -0.2) is 0 Å². The molecule has 0 spiro atoms. The van der Waals surface area contributed by atoms with Crippen molar-refractivity contribution in [3.05, 3.63) is 34.3 Å². The van der Waals surface area contributed by atoms with E-state index in [1.807, 2.05) is 24.0 Å². The quantitative estimate of drug-likeness (QED) is 0.911. The Balaban J connectivity index is 2.01. The minimum atomic E-state index is 0.0363. The molecule has 1 N–H and O–H groups in total. The molecule has 1 aromatic carbocycles. The highest BCUT2D eigenvalue weighted by Crippen LogP contribution is 2.17. The molecule has 4 nitrogen and oxygen atoms in total. The fraction of sp³-hybridized carbons (Fsp3) is 0.500. The molecule has 0 aromatic heterocycles. The van der Waals surface area contributed by atoms with Crippen LogP contribution in [0.4, 0.5) is 0 Å². The number of piperazine rings is 1. The first-order valence-electron chi connectivity index (χ1n) is 6.50. The lowest BCUT2D eigenvalue weighted by atomic mass is 10.1. The summed E-state index contributed by atoms with van der Waals surface area (Å²) in [4.78, 5) is 16.4. The molecule has 19 heavy (non-hydrogen) atoms. The Morgan fingerprint density at radius 2 is 1.95 bits per heavy atom. The Morgan fingerprint density at radius 1 is 1.26 bits per heavy atom. The monoisotopic (exact) mass is 282 g/mol. The largest absolute Gasteiger partial charge is 0.395 e. The Bertz CT molecular complexity index is 437. The number of benzene rings is 1. The molecule has 1 aliphatic heterocycles. The van der Waals surface area contributed by atoms with E-state index in [9.17, 15) is 4.79 Å². The minimum absolute atomic E-state index is 0.0363. The van der Waals surface area contributed by atoms with Crippen molar-refractivity contribution in [3.63, 3.8) is 0 Å². The number of hydrogen-bond acceptors (Lipinski definition) is 3. The molecule has 1 heterocycles. The number of aliphatic hydroxyl groups excluding tert-OH is 1. The highest BCUT2D eigenvalue weighted by molar-refractivity contribution is 6.31. The Morgan fingerprint density at radius 3 is 2.53 bits per heavy atom. The number of aliphatic hydroxyl groups is 1. The fourth-order valence-electron chi connectivity index (χ4n) is 2.36. The molecular weight excluding hydrogens is 264 g/mol. The van der Waals surface area contributed by atoms with Crippen molar-refractivity contribution < 1.29 is 9.90 Å². The van der Waals surface area contributed by atoms with Gasteiger partial charge >= 0.3 is 0 Å². The summed E-state index contributed by atoms with van der Waals surface area (Å²) < 4.78 is 0. The van der Waals surface area contributed by atoms with Gasteiger partial charge in [0.15, 0.2) is 0 Å². The number of carbonyl (C=O) groups excluding carboxylic acids is 1. The molecule has 5 heteroatoms. The van der Waals surface area contributed by atoms with Crippen molar-refractivity contribution in [2.24, 2.45) is 0 Å². The van der Waals surface area contributed by atoms with Crippen LogP contribution in [0.3, 0.4) is 0 Å². The van der Waals surface area contributed by atoms with Crippen molar-refractivity contribution in [1.82, 2.24) is 9.80 Å². The number of carbonyl (C=O) groups is 1. The number of nitrogens with zero attached hydrogens (tertiary/aromatic N) is 2. The van der Waals surface area contributed by atoms with Crippen LogP contribution in [0.15, 0.2) is 18.2 Å². The maximum absolute atomic E-state index is 12.4. The SMILES string of the molecule is Cc1cc(Cl)cc(C(=O)N2CCN(CCO)CC2)c1. The molecule has 1 aromatic rings. The first kappa shape index (κ1) is 14.3. The zero-order chi connectivity index (χ0) is 13.8. The van der Waals surface area contributed by atoms with Crippen molar-refractivity contribution >= 4 is 17.5 Å². The van der Waals surface area contributed by atoms with Gasteiger partial charge in [-0.2, -0.15) is 0 Å². The van der Waals surface area contributed by atoms with Gasteiger partial charge in [-0.3, -0.25) is 9.69 Å². The average Bonchev–Trinajstić information content (AvgIpc) is 2.38. The van der Waals surface area contributed by atoms with E-state index in [1.165, 1.54) is 0 Å². The van der Waals surface area contributed by atoms with E-state index >= 15 is 0 Å². The van der Waals surface area contributed by atoms with E-state index in [1.54, 1.807) is 6.07 Å². The summed E-state index contributed by atoms with van der Waals surface area (Å²) in [6.45, 7) is 5.80. The molecule has 0 radical (unpaired) electrons. The van der Waals surface area contributed by atoms with Crippen LogP contribution in [0.2, 0.25) is 5.02 Å². The van der Waals surface area contributed by atoms with Crippen LogP contribution in [-0.2, 0) is 0 Å². The molecule has 0 atom stereocenters. The summed E-state index contributed by atoms with van der Waals surface area (Å²) in [5, 5.41) is 9.50. The van der Waals surface area contributed by atoms with Crippen LogP contribution >= 0.6 is 11.6 Å². The van der Waals surface area contributed by atoms with Crippen LogP contribution in [0, 0.1) is 6.92 Å². The zero-order valence-electron chi connectivity index (χ0n) is 11.1. The topological polar surface area (TPSA) is 43.8 Å². The molecule has 0 aliphatic carbocycles. The number of rotatable bonds is 3. The number of β-amino-alcohol motifs (C(OH)–C–C–N with tert-alkyl or cyclic N) is 1. The smallest absolute Gasteiger partial charge is 0.254 e.